The van der Waals surface area contributed by atoms with Gasteiger partial charge in [-0.2, -0.15) is 0 Å². The van der Waals surface area contributed by atoms with Crippen LogP contribution in [0.15, 0.2) is 66.2 Å². The van der Waals surface area contributed by atoms with Crippen molar-refractivity contribution < 1.29 is 4.79 Å². The minimum atomic E-state index is -0.165. The molecule has 3 heterocycles. The normalized spacial score (nSPS) is 21.0. The van der Waals surface area contributed by atoms with E-state index in [0.29, 0.717) is 11.3 Å². The molecule has 4 heteroatoms. The monoisotopic (exact) mass is 343 g/mol. The van der Waals surface area contributed by atoms with E-state index >= 15 is 0 Å². The SMILES string of the molecule is CC1=CC(=CC=C2N(C)c3ncccc3C2(C)C)C(=O)c2ncccc21. The Morgan fingerprint density at radius 1 is 1.08 bits per heavy atom. The molecule has 1 aliphatic heterocycles. The summed E-state index contributed by atoms with van der Waals surface area (Å²) >= 11 is 0. The van der Waals surface area contributed by atoms with E-state index in [2.05, 4.69) is 34.8 Å². The Labute approximate surface area is 153 Å². The highest BCUT2D eigenvalue weighted by molar-refractivity contribution is 6.15. The van der Waals surface area contributed by atoms with Crippen molar-refractivity contribution in [1.82, 2.24) is 9.97 Å². The second-order valence-electron chi connectivity index (χ2n) is 7.29. The van der Waals surface area contributed by atoms with Gasteiger partial charge < -0.3 is 4.90 Å². The Hall–Kier alpha value is -3.01. The summed E-state index contributed by atoms with van der Waals surface area (Å²) in [5, 5.41) is 0. The minimum Gasteiger partial charge on any atom is -0.332 e. The highest BCUT2D eigenvalue weighted by Crippen LogP contribution is 2.45. The van der Waals surface area contributed by atoms with Crippen molar-refractivity contribution in [3.05, 3.63) is 83.0 Å². The van der Waals surface area contributed by atoms with Crippen LogP contribution < -0.4 is 4.90 Å². The third kappa shape index (κ3) is 2.33. The smallest absolute Gasteiger partial charge is 0.211 e. The number of hydrogen-bond donors (Lipinski definition) is 0. The Kier molecular flexibility index (Phi) is 3.65. The Balaban J connectivity index is 1.77. The molecule has 2 aliphatic rings. The van der Waals surface area contributed by atoms with Crippen molar-refractivity contribution in [3.63, 3.8) is 0 Å². The van der Waals surface area contributed by atoms with Gasteiger partial charge >= 0.3 is 0 Å². The second-order valence-corrected chi connectivity index (χ2v) is 7.29. The van der Waals surface area contributed by atoms with Crippen molar-refractivity contribution in [2.45, 2.75) is 26.2 Å². The lowest BCUT2D eigenvalue weighted by Crippen LogP contribution is -2.23. The molecule has 2 aromatic rings. The van der Waals surface area contributed by atoms with E-state index in [4.69, 9.17) is 0 Å². The number of fused-ring (bicyclic) bond motifs is 2. The van der Waals surface area contributed by atoms with Gasteiger partial charge in [-0.3, -0.25) is 9.78 Å². The highest BCUT2D eigenvalue weighted by atomic mass is 16.1. The van der Waals surface area contributed by atoms with Gasteiger partial charge in [0.25, 0.3) is 0 Å². The van der Waals surface area contributed by atoms with E-state index in [9.17, 15) is 4.79 Å². The van der Waals surface area contributed by atoms with E-state index < -0.39 is 0 Å². The van der Waals surface area contributed by atoms with Crippen LogP contribution in [-0.4, -0.2) is 22.8 Å². The average Bonchev–Trinajstić information content (AvgIpc) is 2.84. The number of aromatic nitrogens is 2. The van der Waals surface area contributed by atoms with Crippen molar-refractivity contribution in [3.8, 4) is 0 Å². The van der Waals surface area contributed by atoms with Crippen LogP contribution in [0.5, 0.6) is 0 Å². The molecule has 130 valence electrons. The number of carbonyl (C=O) groups excluding carboxylic acids is 1. The lowest BCUT2D eigenvalue weighted by atomic mass is 9.84. The molecule has 4 nitrogen and oxygen atoms in total. The molecule has 26 heavy (non-hydrogen) atoms. The van der Waals surface area contributed by atoms with Gasteiger partial charge in [-0.25, -0.2) is 4.98 Å². The summed E-state index contributed by atoms with van der Waals surface area (Å²) in [5.41, 5.74) is 5.31. The maximum Gasteiger partial charge on any atom is 0.211 e. The Bertz CT molecular complexity index is 1010. The average molecular weight is 343 g/mol. The molecular weight excluding hydrogens is 322 g/mol. The van der Waals surface area contributed by atoms with E-state index in [1.807, 2.05) is 56.6 Å². The molecule has 0 amide bonds. The zero-order chi connectivity index (χ0) is 18.5. The summed E-state index contributed by atoms with van der Waals surface area (Å²) in [6.07, 6.45) is 9.36. The molecule has 2 aromatic heterocycles. The number of rotatable bonds is 1. The van der Waals surface area contributed by atoms with Gasteiger partial charge in [0.1, 0.15) is 11.5 Å². The minimum absolute atomic E-state index is 0.0304. The second kappa shape index (κ2) is 5.77. The van der Waals surface area contributed by atoms with E-state index in [-0.39, 0.29) is 11.2 Å². The van der Waals surface area contributed by atoms with Crippen LogP contribution in [0.2, 0.25) is 0 Å². The third-order valence-corrected chi connectivity index (χ3v) is 5.28. The molecule has 0 fully saturated rings. The summed E-state index contributed by atoms with van der Waals surface area (Å²) in [7, 11) is 2.02. The molecule has 0 N–H and O–H groups in total. The summed E-state index contributed by atoms with van der Waals surface area (Å²) in [4.78, 5) is 23.7. The van der Waals surface area contributed by atoms with Gasteiger partial charge in [-0.15, -0.1) is 0 Å². The van der Waals surface area contributed by atoms with Crippen LogP contribution in [0.25, 0.3) is 5.57 Å². The quantitative estimate of drug-likeness (QED) is 0.724. The number of hydrogen-bond acceptors (Lipinski definition) is 4. The van der Waals surface area contributed by atoms with Crippen molar-refractivity contribution in [1.29, 1.82) is 0 Å². The van der Waals surface area contributed by atoms with E-state index in [1.54, 1.807) is 6.20 Å². The topological polar surface area (TPSA) is 46.1 Å². The number of ketones is 1. The standard InChI is InChI=1S/C22H21N3O/c1-14-13-15(20(26)19-16(14)7-5-11-23-19)9-10-18-22(2,3)17-8-6-12-24-21(17)25(18)4/h5-13H,1-4H3. The third-order valence-electron chi connectivity index (χ3n) is 5.28. The fourth-order valence-electron chi connectivity index (χ4n) is 3.85. The molecule has 4 rings (SSSR count). The van der Waals surface area contributed by atoms with Gasteiger partial charge in [-0.05, 0) is 42.9 Å². The molecule has 0 aromatic carbocycles. The molecule has 0 unspecified atom stereocenters. The van der Waals surface area contributed by atoms with Crippen LogP contribution >= 0.6 is 0 Å². The van der Waals surface area contributed by atoms with Crippen LogP contribution in [-0.2, 0) is 5.41 Å². The summed E-state index contributed by atoms with van der Waals surface area (Å²) in [5.74, 6) is 0.938. The number of pyridine rings is 2. The number of anilines is 1. The Morgan fingerprint density at radius 2 is 1.81 bits per heavy atom. The van der Waals surface area contributed by atoms with Gasteiger partial charge in [0.15, 0.2) is 0 Å². The number of carbonyl (C=O) groups is 1. The molecule has 0 spiro atoms. The molecular formula is C22H21N3O. The fourth-order valence-corrected chi connectivity index (χ4v) is 3.85. The number of Topliss-reactive ketones (excluding diaryl/α,β-unsaturated/α-hetero) is 1. The number of allylic oxidation sites excluding steroid dienone is 6. The van der Waals surface area contributed by atoms with Crippen molar-refractivity contribution in [2.75, 3.05) is 11.9 Å². The molecule has 0 saturated heterocycles. The summed E-state index contributed by atoms with van der Waals surface area (Å²) in [6.45, 7) is 6.38. The fraction of sp³-hybridized carbons (Fsp3) is 0.227. The van der Waals surface area contributed by atoms with Crippen LogP contribution in [0.3, 0.4) is 0 Å². The maximum absolute atomic E-state index is 12.8. The lowest BCUT2D eigenvalue weighted by molar-refractivity contribution is 0.103. The summed E-state index contributed by atoms with van der Waals surface area (Å²) < 4.78 is 0. The first kappa shape index (κ1) is 16.5. The van der Waals surface area contributed by atoms with Gasteiger partial charge in [0, 0.05) is 47.3 Å². The zero-order valence-corrected chi connectivity index (χ0v) is 15.4. The van der Waals surface area contributed by atoms with Gasteiger partial charge in [-0.1, -0.05) is 26.0 Å². The Morgan fingerprint density at radius 3 is 2.58 bits per heavy atom. The number of nitrogens with zero attached hydrogens (tertiary/aromatic N) is 3. The van der Waals surface area contributed by atoms with Gasteiger partial charge in [0.05, 0.1) is 0 Å². The summed E-state index contributed by atoms with van der Waals surface area (Å²) in [6, 6.07) is 7.88. The molecule has 0 saturated carbocycles. The maximum atomic E-state index is 12.8. The van der Waals surface area contributed by atoms with Crippen LogP contribution in [0, 0.1) is 0 Å². The van der Waals surface area contributed by atoms with Crippen LogP contribution in [0.1, 0.15) is 42.4 Å². The van der Waals surface area contributed by atoms with Crippen molar-refractivity contribution >= 4 is 17.2 Å². The predicted molar refractivity (Wildman–Crippen MR) is 104 cm³/mol. The molecule has 1 aliphatic carbocycles. The van der Waals surface area contributed by atoms with E-state index in [1.165, 1.54) is 5.56 Å². The van der Waals surface area contributed by atoms with Crippen molar-refractivity contribution in [2.24, 2.45) is 0 Å². The van der Waals surface area contributed by atoms with Crippen LogP contribution in [0.4, 0.5) is 5.82 Å². The first-order valence-corrected chi connectivity index (χ1v) is 8.71. The molecule has 0 atom stereocenters. The molecule has 0 bridgehead atoms. The highest BCUT2D eigenvalue weighted by Gasteiger charge is 2.39. The largest absolute Gasteiger partial charge is 0.332 e. The first-order chi connectivity index (χ1) is 12.4. The lowest BCUT2D eigenvalue weighted by Gasteiger charge is -2.23. The molecule has 0 radical (unpaired) electrons. The predicted octanol–water partition coefficient (Wildman–Crippen LogP) is 4.31. The number of likely N-dealkylation sites (N-methyl/N-ethyl adjacent to an activating group) is 1. The zero-order valence-electron chi connectivity index (χ0n) is 15.4. The van der Waals surface area contributed by atoms with E-state index in [0.717, 1.165) is 22.7 Å². The van der Waals surface area contributed by atoms with Gasteiger partial charge in [0.2, 0.25) is 5.78 Å². The first-order valence-electron chi connectivity index (χ1n) is 8.71.